The number of rotatable bonds is 14. The van der Waals surface area contributed by atoms with Gasteiger partial charge in [0.2, 0.25) is 0 Å². The molecule has 0 fully saturated rings. The minimum atomic E-state index is -0.776. The van der Waals surface area contributed by atoms with Crippen molar-refractivity contribution in [2.24, 2.45) is 0 Å². The van der Waals surface area contributed by atoms with Crippen LogP contribution < -0.4 is 9.47 Å². The van der Waals surface area contributed by atoms with E-state index in [2.05, 4.69) is 38.1 Å². The minimum Gasteiger partial charge on any atom is -0.395 e. The van der Waals surface area contributed by atoms with Gasteiger partial charge < -0.3 is 18.9 Å². The van der Waals surface area contributed by atoms with Crippen molar-refractivity contribution in [3.63, 3.8) is 0 Å². The third kappa shape index (κ3) is 9.08. The van der Waals surface area contributed by atoms with Crippen LogP contribution in [0.5, 0.6) is 11.5 Å². The van der Waals surface area contributed by atoms with Crippen LogP contribution in [0.2, 0.25) is 0 Å². The van der Waals surface area contributed by atoms with E-state index < -0.39 is 6.16 Å². The molecule has 0 spiro atoms. The quantitative estimate of drug-likeness (QED) is 0.119. The van der Waals surface area contributed by atoms with Crippen LogP contribution in [0, 0.1) is 0 Å². The van der Waals surface area contributed by atoms with E-state index in [1.54, 1.807) is 24.3 Å². The summed E-state index contributed by atoms with van der Waals surface area (Å²) in [7, 11) is 0. The van der Waals surface area contributed by atoms with Gasteiger partial charge in [0.1, 0.15) is 11.5 Å². The number of carbonyl (C=O) groups is 1. The van der Waals surface area contributed by atoms with Gasteiger partial charge in [0.25, 0.3) is 0 Å². The predicted octanol–water partition coefficient (Wildman–Crippen LogP) is 8.69. The van der Waals surface area contributed by atoms with Gasteiger partial charge in [-0.05, 0) is 59.4 Å². The molecule has 0 aliphatic rings. The van der Waals surface area contributed by atoms with Crippen molar-refractivity contribution in [3.8, 4) is 11.5 Å². The summed E-state index contributed by atoms with van der Waals surface area (Å²) in [4.78, 5) is 12.4. The largest absolute Gasteiger partial charge is 0.519 e. The molecule has 4 rings (SSSR count). The van der Waals surface area contributed by atoms with Crippen molar-refractivity contribution in [2.45, 2.75) is 51.7 Å². The third-order valence-electron chi connectivity index (χ3n) is 6.48. The summed E-state index contributed by atoms with van der Waals surface area (Å²) in [5, 5.41) is 0. The second-order valence-electron chi connectivity index (χ2n) is 9.69. The standard InChI is InChI=1S/C35H38O5/c1-3-23-37-33(29-11-7-5-8-12-29)25-27-15-19-31(20-16-27)39-35(36)40-32-21-17-28(18-22-32)26-34(38-24-4-2)30-13-9-6-10-14-30/h5-22,33-34H,3-4,23-26H2,1-2H3. The zero-order chi connectivity index (χ0) is 28.0. The summed E-state index contributed by atoms with van der Waals surface area (Å²) in [5.74, 6) is 0.852. The Morgan fingerprint density at radius 2 is 0.925 bits per heavy atom. The average Bonchev–Trinajstić information content (AvgIpc) is 3.00. The number of hydrogen-bond acceptors (Lipinski definition) is 5. The molecule has 0 bridgehead atoms. The highest BCUT2D eigenvalue weighted by molar-refractivity contribution is 5.67. The van der Waals surface area contributed by atoms with E-state index in [-0.39, 0.29) is 12.2 Å². The van der Waals surface area contributed by atoms with E-state index in [9.17, 15) is 4.79 Å². The van der Waals surface area contributed by atoms with Gasteiger partial charge in [-0.15, -0.1) is 0 Å². The molecule has 5 heteroatoms. The van der Waals surface area contributed by atoms with Crippen LogP contribution in [0.25, 0.3) is 0 Å². The lowest BCUT2D eigenvalue weighted by molar-refractivity contribution is 0.0532. The smallest absolute Gasteiger partial charge is 0.395 e. The molecule has 2 unspecified atom stereocenters. The summed E-state index contributed by atoms with van der Waals surface area (Å²) in [5.41, 5.74) is 4.49. The molecule has 0 radical (unpaired) electrons. The molecule has 0 aromatic heterocycles. The normalized spacial score (nSPS) is 12.4. The molecule has 0 aliphatic heterocycles. The highest BCUT2D eigenvalue weighted by Gasteiger charge is 2.15. The molecule has 0 aliphatic carbocycles. The summed E-state index contributed by atoms with van der Waals surface area (Å²) in [6.07, 6.45) is 2.56. The first-order valence-electron chi connectivity index (χ1n) is 14.0. The topological polar surface area (TPSA) is 54.0 Å². The van der Waals surface area contributed by atoms with Crippen LogP contribution in [0.3, 0.4) is 0 Å². The SMILES string of the molecule is CCCOC(Cc1ccc(OC(=O)Oc2ccc(CC(OCCC)c3ccccc3)cc2)cc1)c1ccccc1. The monoisotopic (exact) mass is 538 g/mol. The molecule has 0 amide bonds. The Morgan fingerprint density at radius 1 is 0.550 bits per heavy atom. The van der Waals surface area contributed by atoms with Gasteiger partial charge in [0.15, 0.2) is 0 Å². The molecule has 2 atom stereocenters. The Kier molecular flexibility index (Phi) is 11.3. The number of carbonyl (C=O) groups excluding carboxylic acids is 1. The maximum absolute atomic E-state index is 12.4. The molecule has 4 aromatic rings. The molecule has 0 heterocycles. The van der Waals surface area contributed by atoms with Crippen molar-refractivity contribution in [3.05, 3.63) is 131 Å². The van der Waals surface area contributed by atoms with Gasteiger partial charge in [-0.1, -0.05) is 98.8 Å². The summed E-state index contributed by atoms with van der Waals surface area (Å²) >= 11 is 0. The van der Waals surface area contributed by atoms with Crippen LogP contribution in [-0.2, 0) is 22.3 Å². The average molecular weight is 539 g/mol. The summed E-state index contributed by atoms with van der Waals surface area (Å²) < 4.78 is 23.0. The molecule has 0 saturated heterocycles. The zero-order valence-electron chi connectivity index (χ0n) is 23.3. The van der Waals surface area contributed by atoms with Crippen molar-refractivity contribution >= 4 is 6.16 Å². The summed E-state index contributed by atoms with van der Waals surface area (Å²) in [6.45, 7) is 5.61. The molecule has 0 saturated carbocycles. The van der Waals surface area contributed by atoms with Gasteiger partial charge in [0, 0.05) is 26.1 Å². The van der Waals surface area contributed by atoms with Crippen LogP contribution in [-0.4, -0.2) is 19.4 Å². The van der Waals surface area contributed by atoms with Crippen LogP contribution >= 0.6 is 0 Å². The summed E-state index contributed by atoms with van der Waals surface area (Å²) in [6, 6.07) is 35.4. The van der Waals surface area contributed by atoms with E-state index in [0.717, 1.165) is 47.9 Å². The van der Waals surface area contributed by atoms with Gasteiger partial charge in [0.05, 0.1) is 12.2 Å². The van der Waals surface area contributed by atoms with Crippen molar-refractivity contribution in [1.29, 1.82) is 0 Å². The Labute approximate surface area is 237 Å². The third-order valence-corrected chi connectivity index (χ3v) is 6.48. The first-order valence-corrected chi connectivity index (χ1v) is 14.0. The molecular weight excluding hydrogens is 500 g/mol. The fraction of sp³-hybridized carbons (Fsp3) is 0.286. The second kappa shape index (κ2) is 15.6. The Hall–Kier alpha value is -3.93. The zero-order valence-corrected chi connectivity index (χ0v) is 23.3. The van der Waals surface area contributed by atoms with Gasteiger partial charge in [-0.25, -0.2) is 4.79 Å². The van der Waals surface area contributed by atoms with Gasteiger partial charge in [-0.3, -0.25) is 0 Å². The maximum Gasteiger partial charge on any atom is 0.519 e. The van der Waals surface area contributed by atoms with E-state index in [4.69, 9.17) is 18.9 Å². The first kappa shape index (κ1) is 29.1. The fourth-order valence-corrected chi connectivity index (χ4v) is 4.43. The Bertz CT molecular complexity index is 1170. The molecule has 4 aromatic carbocycles. The maximum atomic E-state index is 12.4. The van der Waals surface area contributed by atoms with E-state index in [1.807, 2.05) is 60.7 Å². The lowest BCUT2D eigenvalue weighted by Gasteiger charge is -2.18. The van der Waals surface area contributed by atoms with Crippen LogP contribution in [0.4, 0.5) is 4.79 Å². The lowest BCUT2D eigenvalue weighted by Crippen LogP contribution is -2.14. The molecule has 208 valence electrons. The van der Waals surface area contributed by atoms with Crippen molar-refractivity contribution in [1.82, 2.24) is 0 Å². The lowest BCUT2D eigenvalue weighted by atomic mass is 10.0. The van der Waals surface area contributed by atoms with Crippen molar-refractivity contribution in [2.75, 3.05) is 13.2 Å². The minimum absolute atomic E-state index is 0.0259. The molecule has 40 heavy (non-hydrogen) atoms. The number of hydrogen-bond donors (Lipinski definition) is 0. The number of benzene rings is 4. The highest BCUT2D eigenvalue weighted by Crippen LogP contribution is 2.26. The second-order valence-corrected chi connectivity index (χ2v) is 9.69. The fourth-order valence-electron chi connectivity index (χ4n) is 4.43. The Balaban J connectivity index is 1.30. The number of ether oxygens (including phenoxy) is 4. The van der Waals surface area contributed by atoms with Crippen LogP contribution in [0.15, 0.2) is 109 Å². The first-order chi connectivity index (χ1) is 19.6. The molecular formula is C35H38O5. The van der Waals surface area contributed by atoms with Gasteiger partial charge in [-0.2, -0.15) is 0 Å². The highest BCUT2D eigenvalue weighted by atomic mass is 16.7. The van der Waals surface area contributed by atoms with Crippen LogP contribution in [0.1, 0.15) is 61.2 Å². The Morgan fingerprint density at radius 3 is 1.27 bits per heavy atom. The predicted molar refractivity (Wildman–Crippen MR) is 158 cm³/mol. The van der Waals surface area contributed by atoms with E-state index in [1.165, 1.54) is 0 Å². The molecule has 5 nitrogen and oxygen atoms in total. The van der Waals surface area contributed by atoms with E-state index >= 15 is 0 Å². The molecule has 0 N–H and O–H groups in total. The van der Waals surface area contributed by atoms with Crippen molar-refractivity contribution < 1.29 is 23.7 Å². The van der Waals surface area contributed by atoms with E-state index in [0.29, 0.717) is 24.7 Å². The van der Waals surface area contributed by atoms with Gasteiger partial charge >= 0.3 is 6.16 Å².